The number of thioether (sulfide) groups is 1. The van der Waals surface area contributed by atoms with Crippen molar-refractivity contribution in [1.29, 1.82) is 0 Å². The van der Waals surface area contributed by atoms with Gasteiger partial charge in [0.05, 0.1) is 0 Å². The van der Waals surface area contributed by atoms with Crippen molar-refractivity contribution in [1.82, 2.24) is 10.2 Å². The summed E-state index contributed by atoms with van der Waals surface area (Å²) >= 11 is 2.06. The fraction of sp³-hybridized carbons (Fsp3) is 0.650. The fourth-order valence-corrected chi connectivity index (χ4v) is 5.07. The molecule has 1 aromatic carbocycles. The van der Waals surface area contributed by atoms with E-state index in [9.17, 15) is 13.6 Å². The molecule has 144 valence electrons. The van der Waals surface area contributed by atoms with Crippen molar-refractivity contribution in [3.63, 3.8) is 0 Å². The van der Waals surface area contributed by atoms with Gasteiger partial charge < -0.3 is 10.2 Å². The van der Waals surface area contributed by atoms with E-state index < -0.39 is 11.6 Å². The summed E-state index contributed by atoms with van der Waals surface area (Å²) in [7, 11) is 0. The Bertz CT molecular complexity index is 607. The lowest BCUT2D eigenvalue weighted by Crippen LogP contribution is -2.44. The number of hydrogen-bond donors (Lipinski definition) is 1. The third-order valence-corrected chi connectivity index (χ3v) is 6.56. The van der Waals surface area contributed by atoms with Crippen molar-refractivity contribution in [2.75, 3.05) is 24.6 Å². The normalized spacial score (nSPS) is 22.3. The average Bonchev–Trinajstić information content (AvgIpc) is 2.68. The van der Waals surface area contributed by atoms with E-state index in [1.165, 1.54) is 49.8 Å². The van der Waals surface area contributed by atoms with E-state index in [0.717, 1.165) is 31.1 Å². The minimum absolute atomic E-state index is 0.0130. The second kappa shape index (κ2) is 9.70. The number of hydrogen-bond acceptors (Lipinski definition) is 3. The maximum Gasteiger partial charge on any atom is 0.220 e. The van der Waals surface area contributed by atoms with Gasteiger partial charge in [0.25, 0.3) is 0 Å². The van der Waals surface area contributed by atoms with E-state index in [1.807, 2.05) is 0 Å². The topological polar surface area (TPSA) is 32.3 Å². The van der Waals surface area contributed by atoms with Crippen molar-refractivity contribution < 1.29 is 13.6 Å². The SMILES string of the molecule is O=C(CCC1CCCN(C2CCSCC2)C1)NCc1ccc(F)c(F)c1. The summed E-state index contributed by atoms with van der Waals surface area (Å²) < 4.78 is 26.1. The molecule has 0 saturated carbocycles. The maximum absolute atomic E-state index is 13.2. The fourth-order valence-electron chi connectivity index (χ4n) is 3.99. The molecule has 1 aromatic rings. The van der Waals surface area contributed by atoms with Crippen LogP contribution >= 0.6 is 11.8 Å². The van der Waals surface area contributed by atoms with Crippen molar-refractivity contribution >= 4 is 17.7 Å². The number of nitrogens with zero attached hydrogens (tertiary/aromatic N) is 1. The van der Waals surface area contributed by atoms with Crippen LogP contribution in [0.15, 0.2) is 18.2 Å². The van der Waals surface area contributed by atoms with Gasteiger partial charge in [0, 0.05) is 25.6 Å². The molecular formula is C20H28F2N2OS. The molecule has 3 nitrogen and oxygen atoms in total. The van der Waals surface area contributed by atoms with Gasteiger partial charge in [-0.05, 0) is 73.8 Å². The van der Waals surface area contributed by atoms with Crippen molar-refractivity contribution in [2.24, 2.45) is 5.92 Å². The summed E-state index contributed by atoms with van der Waals surface area (Å²) in [6.45, 7) is 2.56. The molecule has 0 bridgehead atoms. The lowest BCUT2D eigenvalue weighted by molar-refractivity contribution is -0.121. The van der Waals surface area contributed by atoms with Gasteiger partial charge in [0.1, 0.15) is 0 Å². The highest BCUT2D eigenvalue weighted by Gasteiger charge is 2.27. The van der Waals surface area contributed by atoms with Gasteiger partial charge in [-0.1, -0.05) is 6.07 Å². The first-order valence-electron chi connectivity index (χ1n) is 9.64. The van der Waals surface area contributed by atoms with Gasteiger partial charge in [0.15, 0.2) is 11.6 Å². The molecule has 3 rings (SSSR count). The molecular weight excluding hydrogens is 354 g/mol. The predicted molar refractivity (Wildman–Crippen MR) is 102 cm³/mol. The molecule has 1 unspecified atom stereocenters. The molecule has 2 aliphatic rings. The molecule has 2 aliphatic heterocycles. The van der Waals surface area contributed by atoms with E-state index in [2.05, 4.69) is 22.0 Å². The Hall–Kier alpha value is -1.14. The zero-order valence-electron chi connectivity index (χ0n) is 15.2. The quantitative estimate of drug-likeness (QED) is 0.808. The summed E-state index contributed by atoms with van der Waals surface area (Å²) in [5, 5.41) is 2.82. The monoisotopic (exact) mass is 382 g/mol. The summed E-state index contributed by atoms with van der Waals surface area (Å²) in [5.41, 5.74) is 0.580. The molecule has 6 heteroatoms. The summed E-state index contributed by atoms with van der Waals surface area (Å²) in [5.74, 6) is 1.39. The molecule has 0 radical (unpaired) electrons. The lowest BCUT2D eigenvalue weighted by atomic mass is 9.91. The summed E-state index contributed by atoms with van der Waals surface area (Å²) in [6, 6.07) is 4.47. The number of piperidine rings is 1. The Balaban J connectivity index is 1.38. The van der Waals surface area contributed by atoms with Crippen LogP contribution in [-0.2, 0) is 11.3 Å². The van der Waals surface area contributed by atoms with Gasteiger partial charge in [-0.25, -0.2) is 8.78 Å². The lowest BCUT2D eigenvalue weighted by Gasteiger charge is -2.40. The van der Waals surface area contributed by atoms with Gasteiger partial charge in [-0.3, -0.25) is 4.79 Å². The molecule has 0 aromatic heterocycles. The van der Waals surface area contributed by atoms with E-state index in [1.54, 1.807) is 0 Å². The van der Waals surface area contributed by atoms with Crippen LogP contribution in [0.4, 0.5) is 8.78 Å². The van der Waals surface area contributed by atoms with Crippen molar-refractivity contribution in [2.45, 2.75) is 51.1 Å². The first-order chi connectivity index (χ1) is 12.6. The second-order valence-corrected chi connectivity index (χ2v) is 8.64. The third-order valence-electron chi connectivity index (χ3n) is 5.51. The van der Waals surface area contributed by atoms with Crippen LogP contribution in [0.3, 0.4) is 0 Å². The Morgan fingerprint density at radius 3 is 2.77 bits per heavy atom. The smallest absolute Gasteiger partial charge is 0.220 e. The third kappa shape index (κ3) is 5.68. The van der Waals surface area contributed by atoms with Crippen molar-refractivity contribution in [3.05, 3.63) is 35.4 Å². The standard InChI is InChI=1S/C20H28F2N2OS/c21-18-5-3-16(12-19(18)22)13-23-20(25)6-4-15-2-1-9-24(14-15)17-7-10-26-11-8-17/h3,5,12,15,17H,1-2,4,6-11,13-14H2,(H,23,25). The molecule has 1 N–H and O–H groups in total. The predicted octanol–water partition coefficient (Wildman–Crippen LogP) is 3.97. The van der Waals surface area contributed by atoms with E-state index >= 15 is 0 Å². The highest BCUT2D eigenvalue weighted by molar-refractivity contribution is 7.99. The molecule has 1 atom stereocenters. The van der Waals surface area contributed by atoms with Gasteiger partial charge in [-0.2, -0.15) is 11.8 Å². The van der Waals surface area contributed by atoms with E-state index in [-0.39, 0.29) is 12.5 Å². The average molecular weight is 383 g/mol. The van der Waals surface area contributed by atoms with Crippen molar-refractivity contribution in [3.8, 4) is 0 Å². The minimum atomic E-state index is -0.875. The maximum atomic E-state index is 13.2. The van der Waals surface area contributed by atoms with Crippen LogP contribution in [-0.4, -0.2) is 41.4 Å². The molecule has 2 fully saturated rings. The number of likely N-dealkylation sites (tertiary alicyclic amines) is 1. The number of carbonyl (C=O) groups excluding carboxylic acids is 1. The second-order valence-electron chi connectivity index (χ2n) is 7.41. The van der Waals surface area contributed by atoms with Gasteiger partial charge >= 0.3 is 0 Å². The molecule has 2 heterocycles. The number of amides is 1. The zero-order valence-corrected chi connectivity index (χ0v) is 16.0. The van der Waals surface area contributed by atoms with Crippen LogP contribution < -0.4 is 5.32 Å². The minimum Gasteiger partial charge on any atom is -0.352 e. The van der Waals surface area contributed by atoms with Crippen LogP contribution in [0, 0.1) is 17.6 Å². The highest BCUT2D eigenvalue weighted by Crippen LogP contribution is 2.28. The Kier molecular flexibility index (Phi) is 7.32. The molecule has 26 heavy (non-hydrogen) atoms. The summed E-state index contributed by atoms with van der Waals surface area (Å²) in [4.78, 5) is 14.7. The van der Waals surface area contributed by atoms with Gasteiger partial charge in [0.2, 0.25) is 5.91 Å². The number of carbonyl (C=O) groups is 1. The van der Waals surface area contributed by atoms with E-state index in [4.69, 9.17) is 0 Å². The molecule has 0 spiro atoms. The molecule has 1 amide bonds. The summed E-state index contributed by atoms with van der Waals surface area (Å²) in [6.07, 6.45) is 6.43. The number of nitrogens with one attached hydrogen (secondary N) is 1. The largest absolute Gasteiger partial charge is 0.352 e. The number of rotatable bonds is 6. The highest BCUT2D eigenvalue weighted by atomic mass is 32.2. The van der Waals surface area contributed by atoms with Crippen LogP contribution in [0.25, 0.3) is 0 Å². The number of benzene rings is 1. The molecule has 0 aliphatic carbocycles. The zero-order chi connectivity index (χ0) is 18.4. The Labute approximate surface area is 158 Å². The first-order valence-corrected chi connectivity index (χ1v) is 10.8. The van der Waals surface area contributed by atoms with Crippen LogP contribution in [0.2, 0.25) is 0 Å². The molecule has 2 saturated heterocycles. The first kappa shape index (κ1) is 19.6. The van der Waals surface area contributed by atoms with Crippen LogP contribution in [0.5, 0.6) is 0 Å². The number of halogens is 2. The van der Waals surface area contributed by atoms with E-state index in [0.29, 0.717) is 17.9 Å². The van der Waals surface area contributed by atoms with Gasteiger partial charge in [-0.15, -0.1) is 0 Å². The Morgan fingerprint density at radius 1 is 1.19 bits per heavy atom. The van der Waals surface area contributed by atoms with Crippen LogP contribution in [0.1, 0.15) is 44.1 Å². The Morgan fingerprint density at radius 2 is 2.00 bits per heavy atom.